The van der Waals surface area contributed by atoms with Gasteiger partial charge in [-0.05, 0) is 25.7 Å². The van der Waals surface area contributed by atoms with Crippen molar-refractivity contribution in [3.8, 4) is 0 Å². The molecular weight excluding hydrogens is 272 g/mol. The fraction of sp³-hybridized carbons (Fsp3) is 0.733. The minimum Gasteiger partial charge on any atom is -0.313 e. The van der Waals surface area contributed by atoms with Crippen LogP contribution in [0.5, 0.6) is 0 Å². The van der Waals surface area contributed by atoms with Crippen molar-refractivity contribution < 1.29 is 0 Å². The Kier molecular flexibility index (Phi) is 4.74. The van der Waals surface area contributed by atoms with Crippen molar-refractivity contribution in [2.45, 2.75) is 54.1 Å². The third-order valence-electron chi connectivity index (χ3n) is 4.10. The van der Waals surface area contributed by atoms with Crippen molar-refractivity contribution in [3.05, 3.63) is 11.5 Å². The number of hydrogen-bond donors (Lipinski definition) is 0. The predicted octanol–water partition coefficient (Wildman–Crippen LogP) is 3.63. The normalized spacial score (nSPS) is 13.6. The fourth-order valence-corrected chi connectivity index (χ4v) is 2.63. The number of alkyl halides is 1. The van der Waals surface area contributed by atoms with E-state index in [9.17, 15) is 0 Å². The second kappa shape index (κ2) is 6.17. The van der Waals surface area contributed by atoms with Crippen LogP contribution in [-0.4, -0.2) is 25.2 Å². The summed E-state index contributed by atoms with van der Waals surface area (Å²) in [5.41, 5.74) is 3.19. The van der Waals surface area contributed by atoms with Gasteiger partial charge in [-0.2, -0.15) is 5.10 Å². The first-order chi connectivity index (χ1) is 9.49. The molecule has 2 rings (SSSR count). The first-order valence-electron chi connectivity index (χ1n) is 7.48. The number of aromatic nitrogens is 4. The average molecular weight is 297 g/mol. The molecule has 2 aromatic heterocycles. The molecule has 0 N–H and O–H groups in total. The Labute approximate surface area is 126 Å². The zero-order valence-corrected chi connectivity index (χ0v) is 13.9. The van der Waals surface area contributed by atoms with E-state index in [4.69, 9.17) is 16.6 Å². The van der Waals surface area contributed by atoms with Crippen molar-refractivity contribution >= 4 is 22.8 Å². The average Bonchev–Trinajstić information content (AvgIpc) is 2.89. The molecule has 0 aliphatic rings. The topological polar surface area (TPSA) is 35.6 Å². The summed E-state index contributed by atoms with van der Waals surface area (Å²) in [7, 11) is 0. The van der Waals surface area contributed by atoms with E-state index >= 15 is 0 Å². The van der Waals surface area contributed by atoms with Crippen LogP contribution < -0.4 is 0 Å². The van der Waals surface area contributed by atoms with Gasteiger partial charge in [-0.3, -0.25) is 0 Å². The van der Waals surface area contributed by atoms with Crippen molar-refractivity contribution in [2.75, 3.05) is 5.88 Å². The molecule has 0 spiro atoms. The smallest absolute Gasteiger partial charge is 0.158 e. The molecule has 0 amide bonds. The summed E-state index contributed by atoms with van der Waals surface area (Å²) in [6.07, 6.45) is 0.810. The van der Waals surface area contributed by atoms with Crippen LogP contribution in [0.2, 0.25) is 0 Å². The molecule has 2 aromatic rings. The van der Waals surface area contributed by atoms with Crippen LogP contribution in [0.3, 0.4) is 0 Å². The summed E-state index contributed by atoms with van der Waals surface area (Å²) < 4.78 is 4.38. The number of hydrogen-bond acceptors (Lipinski definition) is 2. The third-order valence-corrected chi connectivity index (χ3v) is 4.29. The minimum atomic E-state index is 0.599. The lowest BCUT2D eigenvalue weighted by Gasteiger charge is -2.18. The van der Waals surface area contributed by atoms with Gasteiger partial charge in [0.25, 0.3) is 0 Å². The molecule has 20 heavy (non-hydrogen) atoms. The molecule has 0 aliphatic carbocycles. The highest BCUT2D eigenvalue weighted by Crippen LogP contribution is 2.23. The molecule has 5 heteroatoms. The molecule has 2 heterocycles. The van der Waals surface area contributed by atoms with Crippen LogP contribution in [0.15, 0.2) is 0 Å². The molecular formula is C15H25ClN4. The monoisotopic (exact) mass is 296 g/mol. The van der Waals surface area contributed by atoms with Crippen molar-refractivity contribution in [2.24, 2.45) is 11.8 Å². The van der Waals surface area contributed by atoms with E-state index in [2.05, 4.69) is 42.0 Å². The maximum Gasteiger partial charge on any atom is 0.158 e. The van der Waals surface area contributed by atoms with Gasteiger partial charge in [-0.15, -0.1) is 11.6 Å². The van der Waals surface area contributed by atoms with Gasteiger partial charge < -0.3 is 4.57 Å². The van der Waals surface area contributed by atoms with Gasteiger partial charge in [-0.1, -0.05) is 20.8 Å². The van der Waals surface area contributed by atoms with Gasteiger partial charge in [0.05, 0.1) is 5.69 Å². The van der Waals surface area contributed by atoms with Crippen LogP contribution in [-0.2, 0) is 19.5 Å². The quantitative estimate of drug-likeness (QED) is 0.763. The Morgan fingerprint density at radius 1 is 1.25 bits per heavy atom. The SMILES string of the molecule is CCn1nc(C)c2nc(CCCl)n(CC(C)C(C)C)c21. The first kappa shape index (κ1) is 15.4. The van der Waals surface area contributed by atoms with E-state index in [0.717, 1.165) is 42.2 Å². The third kappa shape index (κ3) is 2.71. The van der Waals surface area contributed by atoms with Gasteiger partial charge in [0, 0.05) is 25.4 Å². The van der Waals surface area contributed by atoms with Gasteiger partial charge in [-0.25, -0.2) is 9.67 Å². The standard InChI is InChI=1S/C15H25ClN4/c1-6-20-15-14(12(5)18-20)17-13(7-8-16)19(15)9-11(4)10(2)3/h10-11H,6-9H2,1-5H3. The van der Waals surface area contributed by atoms with Gasteiger partial charge >= 0.3 is 0 Å². The van der Waals surface area contributed by atoms with Crippen molar-refractivity contribution in [1.82, 2.24) is 19.3 Å². The van der Waals surface area contributed by atoms with E-state index in [1.165, 1.54) is 0 Å². The molecule has 4 nitrogen and oxygen atoms in total. The Balaban J connectivity index is 2.54. The lowest BCUT2D eigenvalue weighted by molar-refractivity contribution is 0.362. The number of fused-ring (bicyclic) bond motifs is 1. The molecule has 0 aliphatic heterocycles. The molecule has 0 fully saturated rings. The minimum absolute atomic E-state index is 0.599. The Hall–Kier alpha value is -1.03. The summed E-state index contributed by atoms with van der Waals surface area (Å²) in [4.78, 5) is 4.78. The maximum absolute atomic E-state index is 5.94. The number of halogens is 1. The lowest BCUT2D eigenvalue weighted by Crippen LogP contribution is -2.17. The fourth-order valence-electron chi connectivity index (χ4n) is 2.46. The molecule has 0 bridgehead atoms. The highest BCUT2D eigenvalue weighted by Gasteiger charge is 2.20. The Morgan fingerprint density at radius 2 is 1.95 bits per heavy atom. The van der Waals surface area contributed by atoms with Crippen LogP contribution in [0, 0.1) is 18.8 Å². The van der Waals surface area contributed by atoms with E-state index in [1.54, 1.807) is 0 Å². The highest BCUT2D eigenvalue weighted by molar-refractivity contribution is 6.17. The molecule has 0 aromatic carbocycles. The van der Waals surface area contributed by atoms with E-state index < -0.39 is 0 Å². The summed E-state index contributed by atoms with van der Waals surface area (Å²) >= 11 is 5.94. The molecule has 0 saturated carbocycles. The Morgan fingerprint density at radius 3 is 2.50 bits per heavy atom. The van der Waals surface area contributed by atoms with Crippen LogP contribution in [0.4, 0.5) is 0 Å². The van der Waals surface area contributed by atoms with Crippen molar-refractivity contribution in [3.63, 3.8) is 0 Å². The molecule has 1 unspecified atom stereocenters. The summed E-state index contributed by atoms with van der Waals surface area (Å²) in [5, 5.41) is 4.58. The second-order valence-corrected chi connectivity index (χ2v) is 6.25. The van der Waals surface area contributed by atoms with Crippen molar-refractivity contribution in [1.29, 1.82) is 0 Å². The summed E-state index contributed by atoms with van der Waals surface area (Å²) in [6.45, 7) is 12.8. The van der Waals surface area contributed by atoms with Crippen LogP contribution in [0.1, 0.15) is 39.2 Å². The first-order valence-corrected chi connectivity index (χ1v) is 8.01. The summed E-state index contributed by atoms with van der Waals surface area (Å²) in [5.74, 6) is 2.94. The van der Waals surface area contributed by atoms with E-state index in [0.29, 0.717) is 17.7 Å². The predicted molar refractivity (Wildman–Crippen MR) is 84.4 cm³/mol. The molecule has 0 radical (unpaired) electrons. The van der Waals surface area contributed by atoms with E-state index in [-0.39, 0.29) is 0 Å². The highest BCUT2D eigenvalue weighted by atomic mass is 35.5. The zero-order valence-electron chi connectivity index (χ0n) is 13.1. The van der Waals surface area contributed by atoms with Gasteiger partial charge in [0.2, 0.25) is 0 Å². The molecule has 0 saturated heterocycles. The largest absolute Gasteiger partial charge is 0.313 e. The number of nitrogens with zero attached hydrogens (tertiary/aromatic N) is 4. The van der Waals surface area contributed by atoms with Crippen LogP contribution in [0.25, 0.3) is 11.2 Å². The lowest BCUT2D eigenvalue weighted by atomic mass is 9.98. The number of imidazole rings is 1. The zero-order chi connectivity index (χ0) is 14.9. The molecule has 1 atom stereocenters. The number of rotatable bonds is 6. The number of aryl methyl sites for hydroxylation is 3. The summed E-state index contributed by atoms with van der Waals surface area (Å²) in [6, 6.07) is 0. The van der Waals surface area contributed by atoms with E-state index in [1.807, 2.05) is 6.92 Å². The maximum atomic E-state index is 5.94. The second-order valence-electron chi connectivity index (χ2n) is 5.87. The Bertz CT molecular complexity index is 582. The van der Waals surface area contributed by atoms with Crippen LogP contribution >= 0.6 is 11.6 Å². The molecule has 112 valence electrons. The van der Waals surface area contributed by atoms with Gasteiger partial charge in [0.1, 0.15) is 11.3 Å². The van der Waals surface area contributed by atoms with Gasteiger partial charge in [0.15, 0.2) is 5.65 Å².